The minimum atomic E-state index is -2.71. The van der Waals surface area contributed by atoms with E-state index >= 15 is 0 Å². The molecule has 0 aliphatic heterocycles. The van der Waals surface area contributed by atoms with E-state index in [4.69, 9.17) is 39.8 Å². The summed E-state index contributed by atoms with van der Waals surface area (Å²) < 4.78 is 51.6. The van der Waals surface area contributed by atoms with Crippen LogP contribution in [-0.4, -0.2) is 90.4 Å². The number of para-hydroxylation sites is 3. The van der Waals surface area contributed by atoms with Gasteiger partial charge in [0, 0.05) is 99.2 Å². The summed E-state index contributed by atoms with van der Waals surface area (Å²) in [4.78, 5) is 2.43. The van der Waals surface area contributed by atoms with E-state index in [2.05, 4.69) is 77.7 Å². The Kier molecular flexibility index (Phi) is 17.3. The zero-order valence-electron chi connectivity index (χ0n) is 30.9. The van der Waals surface area contributed by atoms with Crippen LogP contribution >= 0.6 is 0 Å². The molecule has 0 fully saturated rings. The lowest BCUT2D eigenvalue weighted by Crippen LogP contribution is -2.42. The first-order chi connectivity index (χ1) is 23.8. The molecule has 13 heteroatoms. The van der Waals surface area contributed by atoms with Gasteiger partial charge in [-0.15, -0.1) is 0 Å². The maximum Gasteiger partial charge on any atom is 0.500 e. The average Bonchev–Trinajstić information content (AvgIpc) is 3.16. The van der Waals surface area contributed by atoms with Gasteiger partial charge in [0.15, 0.2) is 0 Å². The Labute approximate surface area is 297 Å². The van der Waals surface area contributed by atoms with E-state index in [1.54, 1.807) is 64.0 Å². The molecule has 3 aromatic carbocycles. The van der Waals surface area contributed by atoms with Gasteiger partial charge in [0.1, 0.15) is 0 Å². The van der Waals surface area contributed by atoms with Crippen LogP contribution in [0.1, 0.15) is 36.0 Å². The van der Waals surface area contributed by atoms with E-state index in [0.29, 0.717) is 18.1 Å². The summed E-state index contributed by atoms with van der Waals surface area (Å²) in [5.41, 5.74) is 7.08. The number of hydrogen-bond acceptors (Lipinski definition) is 10. The lowest BCUT2D eigenvalue weighted by atomic mass is 10.00. The van der Waals surface area contributed by atoms with Crippen molar-refractivity contribution in [2.24, 2.45) is 0 Å². The van der Waals surface area contributed by atoms with Crippen molar-refractivity contribution >= 4 is 43.5 Å². The zero-order valence-corrected chi connectivity index (χ0v) is 33.9. The minimum absolute atomic E-state index is 0.715. The molecule has 3 rings (SSSR count). The average molecular weight is 732 g/mol. The van der Waals surface area contributed by atoms with Gasteiger partial charge < -0.3 is 44.7 Å². The number of benzene rings is 3. The van der Waals surface area contributed by atoms with Gasteiger partial charge in [-0.3, -0.25) is 0 Å². The maximum absolute atomic E-state index is 5.73. The fourth-order valence-corrected chi connectivity index (χ4v) is 11.5. The van der Waals surface area contributed by atoms with Crippen LogP contribution in [0.25, 0.3) is 0 Å². The normalized spacial score (nSPS) is 12.4. The first kappa shape index (κ1) is 41.2. The van der Waals surface area contributed by atoms with E-state index in [1.165, 1.54) is 16.7 Å². The van der Waals surface area contributed by atoms with E-state index in [1.807, 2.05) is 0 Å². The summed E-state index contributed by atoms with van der Waals surface area (Å²) in [6, 6.07) is 28.1. The number of rotatable bonds is 24. The lowest BCUT2D eigenvalue weighted by molar-refractivity contribution is 0.122. The molecule has 0 bridgehead atoms. The van der Waals surface area contributed by atoms with Crippen LogP contribution in [0.4, 0.5) is 17.1 Å². The molecule has 0 aliphatic carbocycles. The highest BCUT2D eigenvalue weighted by Crippen LogP contribution is 2.42. The zero-order chi connectivity index (χ0) is 35.8. The van der Waals surface area contributed by atoms with Crippen LogP contribution in [0.5, 0.6) is 0 Å². The molecule has 0 amide bonds. The van der Waals surface area contributed by atoms with Crippen molar-refractivity contribution in [3.63, 3.8) is 0 Å². The molecule has 0 unspecified atom stereocenters. The first-order valence-corrected chi connectivity index (χ1v) is 22.6. The Hall–Kier alpha value is -2.25. The number of hydrogen-bond donors (Lipinski definition) is 0. The Balaban J connectivity index is 2.08. The molecule has 0 aliphatic rings. The molecular formula is C36H57NO9Si3. The molecule has 0 atom stereocenters. The smallest absolute Gasteiger partial charge is 0.377 e. The van der Waals surface area contributed by atoms with Crippen molar-refractivity contribution in [3.05, 3.63) is 89.5 Å². The first-order valence-electron chi connectivity index (χ1n) is 16.8. The number of anilines is 3. The molecule has 272 valence electrons. The van der Waals surface area contributed by atoms with E-state index in [9.17, 15) is 0 Å². The third kappa shape index (κ3) is 10.6. The Morgan fingerprint density at radius 1 is 0.367 bits per heavy atom. The molecule has 49 heavy (non-hydrogen) atoms. The van der Waals surface area contributed by atoms with Crippen molar-refractivity contribution in [2.45, 2.75) is 56.7 Å². The van der Waals surface area contributed by atoms with E-state index in [0.717, 1.165) is 55.6 Å². The Morgan fingerprint density at radius 3 is 0.816 bits per heavy atom. The molecule has 0 saturated carbocycles. The molecule has 0 saturated heterocycles. The minimum Gasteiger partial charge on any atom is -0.377 e. The van der Waals surface area contributed by atoms with Gasteiger partial charge in [-0.2, -0.15) is 0 Å². The summed E-state index contributed by atoms with van der Waals surface area (Å²) in [6.45, 7) is 0. The maximum atomic E-state index is 5.73. The lowest BCUT2D eigenvalue weighted by Gasteiger charge is -2.32. The highest BCUT2D eigenvalue weighted by Gasteiger charge is 2.39. The van der Waals surface area contributed by atoms with Crippen LogP contribution in [0, 0.1) is 0 Å². The van der Waals surface area contributed by atoms with Gasteiger partial charge in [-0.25, -0.2) is 0 Å². The second kappa shape index (κ2) is 20.6. The summed E-state index contributed by atoms with van der Waals surface area (Å²) in [7, 11) is 6.87. The monoisotopic (exact) mass is 731 g/mol. The molecule has 0 N–H and O–H groups in total. The topological polar surface area (TPSA) is 86.3 Å². The quantitative estimate of drug-likeness (QED) is 0.0860. The van der Waals surface area contributed by atoms with Gasteiger partial charge in [-0.1, -0.05) is 54.6 Å². The Bertz CT molecular complexity index is 1200. The van der Waals surface area contributed by atoms with Crippen molar-refractivity contribution in [2.75, 3.05) is 68.9 Å². The molecule has 0 spiro atoms. The molecule has 10 nitrogen and oxygen atoms in total. The van der Waals surface area contributed by atoms with Crippen molar-refractivity contribution in [3.8, 4) is 0 Å². The second-order valence-electron chi connectivity index (χ2n) is 11.7. The Morgan fingerprint density at radius 2 is 0.592 bits per heavy atom. The van der Waals surface area contributed by atoms with Gasteiger partial charge in [0.05, 0.1) is 0 Å². The van der Waals surface area contributed by atoms with Crippen LogP contribution < -0.4 is 4.90 Å². The van der Waals surface area contributed by atoms with Gasteiger partial charge in [-0.05, 0) is 73.4 Å². The van der Waals surface area contributed by atoms with Crippen molar-refractivity contribution in [1.29, 1.82) is 0 Å². The predicted octanol–water partition coefficient (Wildman–Crippen LogP) is 7.59. The van der Waals surface area contributed by atoms with Crippen LogP contribution in [-0.2, 0) is 59.1 Å². The highest BCUT2D eigenvalue weighted by molar-refractivity contribution is 6.61. The van der Waals surface area contributed by atoms with Gasteiger partial charge >= 0.3 is 26.4 Å². The predicted molar refractivity (Wildman–Crippen MR) is 201 cm³/mol. The molecule has 0 radical (unpaired) electrons. The third-order valence-electron chi connectivity index (χ3n) is 9.28. The summed E-state index contributed by atoms with van der Waals surface area (Å²) >= 11 is 0. The third-order valence-corrected chi connectivity index (χ3v) is 17.8. The van der Waals surface area contributed by atoms with Gasteiger partial charge in [0.2, 0.25) is 0 Å². The molecule has 3 aromatic rings. The number of aryl methyl sites for hydroxylation is 3. The number of nitrogens with zero attached hydrogens (tertiary/aromatic N) is 1. The van der Waals surface area contributed by atoms with Crippen LogP contribution in [0.2, 0.25) is 18.1 Å². The standard InChI is InChI=1S/C36H57NO9Si3/c1-38-47(39-2,40-3)28-16-22-31-19-10-13-25-34(31)37(35-26-14-11-20-32(35)23-17-29-48(41-4,42-5)43-6)36-27-15-12-21-33(36)24-18-30-49(44-7,45-8)46-9/h10-15,19-21,25-27H,16-18,22-24,28-30H2,1-9H3. The summed E-state index contributed by atoms with van der Waals surface area (Å²) in [6.07, 6.45) is 5.04. The summed E-state index contributed by atoms with van der Waals surface area (Å²) in [5, 5.41) is 0. The second-order valence-corrected chi connectivity index (χ2v) is 20.9. The van der Waals surface area contributed by atoms with Gasteiger partial charge in [0.25, 0.3) is 0 Å². The van der Waals surface area contributed by atoms with E-state index in [-0.39, 0.29) is 0 Å². The summed E-state index contributed by atoms with van der Waals surface area (Å²) in [5.74, 6) is 0. The van der Waals surface area contributed by atoms with Crippen LogP contribution in [0.15, 0.2) is 72.8 Å². The SMILES string of the molecule is CO[Si](CCCc1ccccc1N(c1ccccc1CCC[Si](OC)(OC)OC)c1ccccc1CCC[Si](OC)(OC)OC)(OC)OC. The highest BCUT2D eigenvalue weighted by atomic mass is 28.4. The molecule has 0 aromatic heterocycles. The van der Waals surface area contributed by atoms with Crippen molar-refractivity contribution in [1.82, 2.24) is 0 Å². The van der Waals surface area contributed by atoms with Crippen molar-refractivity contribution < 1.29 is 39.8 Å². The fourth-order valence-electron chi connectivity index (χ4n) is 6.37. The molecule has 0 heterocycles. The van der Waals surface area contributed by atoms with Crippen LogP contribution in [0.3, 0.4) is 0 Å². The molecular weight excluding hydrogens is 675 g/mol. The van der Waals surface area contributed by atoms with E-state index < -0.39 is 26.4 Å². The largest absolute Gasteiger partial charge is 0.500 e. The fraction of sp³-hybridized carbons (Fsp3) is 0.500.